The van der Waals surface area contributed by atoms with Gasteiger partial charge in [-0.25, -0.2) is 0 Å². The quantitative estimate of drug-likeness (QED) is 0.844. The maximum atomic E-state index is 13.1. The summed E-state index contributed by atoms with van der Waals surface area (Å²) in [6, 6.07) is 11.3. The summed E-state index contributed by atoms with van der Waals surface area (Å²) in [5.41, 5.74) is 1.15. The van der Waals surface area contributed by atoms with Crippen molar-refractivity contribution in [2.24, 2.45) is 0 Å². The summed E-state index contributed by atoms with van der Waals surface area (Å²) < 4.78 is 50.1. The van der Waals surface area contributed by atoms with Gasteiger partial charge in [0.15, 0.2) is 11.5 Å². The number of nitrogens with one attached hydrogen (secondary N) is 1. The molecule has 27 heavy (non-hydrogen) atoms. The zero-order valence-electron chi connectivity index (χ0n) is 14.8. The summed E-state index contributed by atoms with van der Waals surface area (Å²) >= 11 is 0. The number of benzene rings is 2. The molecule has 1 atom stereocenters. The molecule has 0 saturated heterocycles. The van der Waals surface area contributed by atoms with Crippen LogP contribution in [0.3, 0.4) is 0 Å². The molecule has 0 spiro atoms. The summed E-state index contributed by atoms with van der Waals surface area (Å²) in [4.78, 5) is 13.5. The Bertz CT molecular complexity index is 839. The van der Waals surface area contributed by atoms with E-state index in [9.17, 15) is 18.0 Å². The van der Waals surface area contributed by atoms with Crippen molar-refractivity contribution < 1.29 is 27.4 Å². The molecule has 8 heteroatoms. The van der Waals surface area contributed by atoms with E-state index in [0.717, 1.165) is 4.90 Å². The van der Waals surface area contributed by atoms with E-state index in [4.69, 9.17) is 9.47 Å². The van der Waals surface area contributed by atoms with Crippen molar-refractivity contribution in [3.05, 3.63) is 53.6 Å². The lowest BCUT2D eigenvalue weighted by molar-refractivity contribution is -0.144. The van der Waals surface area contributed by atoms with Crippen molar-refractivity contribution in [1.29, 1.82) is 0 Å². The second-order valence-corrected chi connectivity index (χ2v) is 5.98. The largest absolute Gasteiger partial charge is 0.493 e. The van der Waals surface area contributed by atoms with Gasteiger partial charge in [-0.15, -0.1) is 0 Å². The summed E-state index contributed by atoms with van der Waals surface area (Å²) in [7, 11) is 1.45. The Balaban J connectivity index is 2.04. The fourth-order valence-corrected chi connectivity index (χ4v) is 3.04. The van der Waals surface area contributed by atoms with Crippen LogP contribution in [0.1, 0.15) is 29.0 Å². The highest BCUT2D eigenvalue weighted by atomic mass is 19.4. The molecule has 1 amide bonds. The lowest BCUT2D eigenvalue weighted by Gasteiger charge is -2.38. The summed E-state index contributed by atoms with van der Waals surface area (Å²) in [6.07, 6.45) is -5.52. The van der Waals surface area contributed by atoms with Crippen LogP contribution in [0, 0.1) is 0 Å². The number of nitrogens with zero attached hydrogens (tertiary/aromatic N) is 1. The Hall–Kier alpha value is -2.90. The van der Waals surface area contributed by atoms with Gasteiger partial charge in [-0.1, -0.05) is 18.2 Å². The predicted molar refractivity (Wildman–Crippen MR) is 94.1 cm³/mol. The second kappa shape index (κ2) is 7.38. The topological polar surface area (TPSA) is 50.8 Å². The number of rotatable bonds is 5. The summed E-state index contributed by atoms with van der Waals surface area (Å²) in [5, 5.41) is 3.03. The number of hydrogen-bond donors (Lipinski definition) is 1. The van der Waals surface area contributed by atoms with E-state index >= 15 is 0 Å². The average Bonchev–Trinajstić information content (AvgIpc) is 2.63. The Morgan fingerprint density at radius 2 is 1.89 bits per heavy atom. The van der Waals surface area contributed by atoms with Crippen LogP contribution in [0.15, 0.2) is 42.5 Å². The van der Waals surface area contributed by atoms with Gasteiger partial charge < -0.3 is 19.7 Å². The number of amides is 1. The molecule has 0 unspecified atom stereocenters. The predicted octanol–water partition coefficient (Wildman–Crippen LogP) is 4.22. The first-order valence-corrected chi connectivity index (χ1v) is 8.38. The molecule has 0 radical (unpaired) electrons. The monoisotopic (exact) mass is 380 g/mol. The second-order valence-electron chi connectivity index (χ2n) is 5.98. The van der Waals surface area contributed by atoms with Gasteiger partial charge >= 0.3 is 6.18 Å². The van der Waals surface area contributed by atoms with E-state index in [1.165, 1.54) is 13.2 Å². The van der Waals surface area contributed by atoms with E-state index < -0.39 is 24.8 Å². The number of methoxy groups -OCH3 is 1. The molecule has 0 bridgehead atoms. The van der Waals surface area contributed by atoms with Crippen LogP contribution >= 0.6 is 0 Å². The zero-order chi connectivity index (χ0) is 19.6. The SMILES string of the molecule is CCOc1ccc([C@H]2Nc3ccccc3C(=O)N2CC(F)(F)F)cc1OC. The fourth-order valence-electron chi connectivity index (χ4n) is 3.04. The first-order chi connectivity index (χ1) is 12.8. The van der Waals surface area contributed by atoms with Crippen LogP contribution in [0.25, 0.3) is 0 Å². The molecule has 2 aromatic carbocycles. The molecule has 0 saturated carbocycles. The lowest BCUT2D eigenvalue weighted by atomic mass is 10.0. The minimum atomic E-state index is -4.53. The molecule has 1 heterocycles. The van der Waals surface area contributed by atoms with Crippen LogP contribution in [0.5, 0.6) is 11.5 Å². The smallest absolute Gasteiger partial charge is 0.406 e. The van der Waals surface area contributed by atoms with E-state index in [1.807, 2.05) is 6.92 Å². The van der Waals surface area contributed by atoms with Gasteiger partial charge in [-0.3, -0.25) is 4.79 Å². The number of carbonyl (C=O) groups is 1. The Kier molecular flexibility index (Phi) is 5.16. The minimum Gasteiger partial charge on any atom is -0.493 e. The van der Waals surface area contributed by atoms with Crippen molar-refractivity contribution in [3.8, 4) is 11.5 Å². The maximum Gasteiger partial charge on any atom is 0.406 e. The first-order valence-electron chi connectivity index (χ1n) is 8.38. The first kappa shape index (κ1) is 18.9. The number of para-hydroxylation sites is 1. The summed E-state index contributed by atoms with van der Waals surface area (Å²) in [6.45, 7) is 0.869. The molecule has 1 N–H and O–H groups in total. The standard InChI is InChI=1S/C19H19F3N2O3/c1-3-27-15-9-8-12(10-16(15)26-2)17-23-14-7-5-4-6-13(14)18(25)24(17)11-19(20,21)22/h4-10,17,23H,3,11H2,1-2H3/t17-/m0/s1. The Labute approximate surface area is 154 Å². The number of halogens is 3. The Morgan fingerprint density at radius 3 is 2.56 bits per heavy atom. The molecule has 0 aromatic heterocycles. The van der Waals surface area contributed by atoms with Gasteiger partial charge in [-0.05, 0) is 36.8 Å². The van der Waals surface area contributed by atoms with E-state index in [2.05, 4.69) is 5.32 Å². The number of carbonyl (C=O) groups excluding carboxylic acids is 1. The Morgan fingerprint density at radius 1 is 1.15 bits per heavy atom. The van der Waals surface area contributed by atoms with E-state index in [-0.39, 0.29) is 5.56 Å². The van der Waals surface area contributed by atoms with Gasteiger partial charge in [0.05, 0.1) is 19.3 Å². The molecular formula is C19H19F3N2O3. The molecule has 1 aliphatic heterocycles. The number of ether oxygens (including phenoxy) is 2. The van der Waals surface area contributed by atoms with Crippen LogP contribution in [-0.2, 0) is 0 Å². The van der Waals surface area contributed by atoms with Crippen LogP contribution in [-0.4, -0.2) is 37.2 Å². The van der Waals surface area contributed by atoms with Crippen molar-refractivity contribution in [2.45, 2.75) is 19.3 Å². The molecule has 0 fully saturated rings. The van der Waals surface area contributed by atoms with Crippen LogP contribution in [0.4, 0.5) is 18.9 Å². The molecule has 2 aromatic rings. The van der Waals surface area contributed by atoms with Crippen LogP contribution in [0.2, 0.25) is 0 Å². The van der Waals surface area contributed by atoms with Gasteiger partial charge in [0.1, 0.15) is 12.7 Å². The highest BCUT2D eigenvalue weighted by Crippen LogP contribution is 2.38. The van der Waals surface area contributed by atoms with Gasteiger partial charge in [0.2, 0.25) is 0 Å². The molecular weight excluding hydrogens is 361 g/mol. The zero-order valence-corrected chi connectivity index (χ0v) is 14.8. The highest BCUT2D eigenvalue weighted by Gasteiger charge is 2.40. The molecule has 0 aliphatic carbocycles. The van der Waals surface area contributed by atoms with Crippen LogP contribution < -0.4 is 14.8 Å². The minimum absolute atomic E-state index is 0.205. The number of anilines is 1. The summed E-state index contributed by atoms with van der Waals surface area (Å²) in [5.74, 6) is 0.183. The fraction of sp³-hybridized carbons (Fsp3) is 0.316. The molecule has 5 nitrogen and oxygen atoms in total. The average molecular weight is 380 g/mol. The van der Waals surface area contributed by atoms with Gasteiger partial charge in [0.25, 0.3) is 5.91 Å². The molecule has 1 aliphatic rings. The van der Waals surface area contributed by atoms with E-state index in [1.54, 1.807) is 36.4 Å². The van der Waals surface area contributed by atoms with Crippen molar-refractivity contribution >= 4 is 11.6 Å². The maximum absolute atomic E-state index is 13.1. The molecule has 3 rings (SSSR count). The number of hydrogen-bond acceptors (Lipinski definition) is 4. The third-order valence-electron chi connectivity index (χ3n) is 4.18. The van der Waals surface area contributed by atoms with Gasteiger partial charge in [-0.2, -0.15) is 13.2 Å². The van der Waals surface area contributed by atoms with E-state index in [0.29, 0.717) is 29.4 Å². The van der Waals surface area contributed by atoms with Crippen molar-refractivity contribution in [3.63, 3.8) is 0 Å². The normalized spacial score (nSPS) is 16.6. The highest BCUT2D eigenvalue weighted by molar-refractivity contribution is 6.01. The lowest BCUT2D eigenvalue weighted by Crippen LogP contribution is -2.47. The number of alkyl halides is 3. The third-order valence-corrected chi connectivity index (χ3v) is 4.18. The van der Waals surface area contributed by atoms with Gasteiger partial charge in [0, 0.05) is 5.69 Å². The van der Waals surface area contributed by atoms with Crippen molar-refractivity contribution in [1.82, 2.24) is 4.90 Å². The third kappa shape index (κ3) is 3.94. The van der Waals surface area contributed by atoms with Crippen molar-refractivity contribution in [2.75, 3.05) is 25.6 Å². The number of fused-ring (bicyclic) bond motifs is 1. The molecule has 144 valence electrons.